The molecule has 0 aromatic carbocycles. The number of hydrogen-bond donors (Lipinski definition) is 2. The lowest BCUT2D eigenvalue weighted by atomic mass is 10.4. The van der Waals surface area contributed by atoms with Crippen LogP contribution in [0.25, 0.3) is 5.82 Å². The molecule has 0 atom stereocenters. The van der Waals surface area contributed by atoms with E-state index >= 15 is 0 Å². The van der Waals surface area contributed by atoms with Crippen LogP contribution in [0.3, 0.4) is 0 Å². The Morgan fingerprint density at radius 1 is 1.33 bits per heavy atom. The van der Waals surface area contributed by atoms with Gasteiger partial charge >= 0.3 is 0 Å². The van der Waals surface area contributed by atoms with Crippen LogP contribution in [0.2, 0.25) is 0 Å². The molecule has 2 heterocycles. The molecule has 3 N–H and O–H groups in total. The summed E-state index contributed by atoms with van der Waals surface area (Å²) in [4.78, 5) is 8.29. The van der Waals surface area contributed by atoms with Gasteiger partial charge in [-0.05, 0) is 19.4 Å². The molecular weight excluding hydrogens is 192 g/mol. The Balaban J connectivity index is 2.48. The van der Waals surface area contributed by atoms with Crippen LogP contribution >= 0.6 is 0 Å². The van der Waals surface area contributed by atoms with Crippen LogP contribution in [0.15, 0.2) is 18.5 Å². The third-order valence-corrected chi connectivity index (χ3v) is 1.92. The molecule has 78 valence electrons. The molecule has 2 aromatic heterocycles. The first-order valence-corrected chi connectivity index (χ1v) is 4.53. The molecule has 0 unspecified atom stereocenters. The Hall–Kier alpha value is -1.95. The maximum Gasteiger partial charge on any atom is 0.239 e. The van der Waals surface area contributed by atoms with Gasteiger partial charge in [-0.25, -0.2) is 15.5 Å². The van der Waals surface area contributed by atoms with Crippen molar-refractivity contribution in [2.75, 3.05) is 5.43 Å². The molecule has 0 amide bonds. The number of nitrogens with zero attached hydrogens (tertiary/aromatic N) is 4. The molecule has 0 spiro atoms. The minimum Gasteiger partial charge on any atom is -0.292 e. The number of hydrazine groups is 1. The fraction of sp³-hybridized carbons (Fsp3) is 0.222. The van der Waals surface area contributed by atoms with Crippen molar-refractivity contribution in [2.45, 2.75) is 13.8 Å². The van der Waals surface area contributed by atoms with E-state index in [9.17, 15) is 0 Å². The van der Waals surface area contributed by atoms with Crippen molar-refractivity contribution in [3.63, 3.8) is 0 Å². The number of nitrogens with one attached hydrogen (secondary N) is 1. The molecule has 0 fully saturated rings. The maximum absolute atomic E-state index is 5.27. The molecule has 0 aliphatic carbocycles. The Kier molecular flexibility index (Phi) is 2.34. The number of nitrogens with two attached hydrogens (primary N) is 1. The minimum atomic E-state index is 0.387. The van der Waals surface area contributed by atoms with Crippen molar-refractivity contribution in [3.05, 3.63) is 29.7 Å². The normalized spacial score (nSPS) is 10.3. The highest BCUT2D eigenvalue weighted by atomic mass is 15.3. The predicted octanol–water partition coefficient (Wildman–Crippen LogP) is 0.565. The van der Waals surface area contributed by atoms with Gasteiger partial charge in [-0.2, -0.15) is 10.1 Å². The molecule has 15 heavy (non-hydrogen) atoms. The zero-order chi connectivity index (χ0) is 10.8. The second-order valence-electron chi connectivity index (χ2n) is 3.30. The van der Waals surface area contributed by atoms with Crippen LogP contribution in [0.4, 0.5) is 5.95 Å². The summed E-state index contributed by atoms with van der Waals surface area (Å²) >= 11 is 0. The Morgan fingerprint density at radius 3 is 2.73 bits per heavy atom. The minimum absolute atomic E-state index is 0.387. The quantitative estimate of drug-likeness (QED) is 0.552. The van der Waals surface area contributed by atoms with E-state index < -0.39 is 0 Å². The SMILES string of the molecule is Cc1cnn(-c2cc(C)nc(NN)n2)c1. The lowest BCUT2D eigenvalue weighted by molar-refractivity contribution is 0.835. The molecule has 6 heteroatoms. The topological polar surface area (TPSA) is 81.7 Å². The lowest BCUT2D eigenvalue weighted by Gasteiger charge is -2.04. The van der Waals surface area contributed by atoms with Gasteiger partial charge in [-0.15, -0.1) is 0 Å². The van der Waals surface area contributed by atoms with E-state index in [0.717, 1.165) is 11.3 Å². The average Bonchev–Trinajstić information content (AvgIpc) is 2.64. The van der Waals surface area contributed by atoms with Crippen LogP contribution in [0, 0.1) is 13.8 Å². The van der Waals surface area contributed by atoms with Crippen molar-refractivity contribution < 1.29 is 0 Å². The molecule has 0 aliphatic heterocycles. The molecule has 6 nitrogen and oxygen atoms in total. The van der Waals surface area contributed by atoms with Gasteiger partial charge in [0.25, 0.3) is 0 Å². The van der Waals surface area contributed by atoms with Gasteiger partial charge < -0.3 is 0 Å². The van der Waals surface area contributed by atoms with Crippen LogP contribution in [-0.4, -0.2) is 19.7 Å². The second kappa shape index (κ2) is 3.66. The van der Waals surface area contributed by atoms with E-state index in [4.69, 9.17) is 5.84 Å². The Bertz CT molecular complexity index is 475. The molecule has 0 saturated heterocycles. The number of rotatable bonds is 2. The average molecular weight is 204 g/mol. The van der Waals surface area contributed by atoms with E-state index in [2.05, 4.69) is 20.5 Å². The number of aryl methyl sites for hydroxylation is 2. The van der Waals surface area contributed by atoms with Gasteiger partial charge in [0.2, 0.25) is 5.95 Å². The fourth-order valence-electron chi connectivity index (χ4n) is 1.27. The summed E-state index contributed by atoms with van der Waals surface area (Å²) in [6.07, 6.45) is 3.66. The van der Waals surface area contributed by atoms with Crippen molar-refractivity contribution in [1.29, 1.82) is 0 Å². The first kappa shape index (κ1) is 9.60. The molecule has 2 aromatic rings. The number of anilines is 1. The van der Waals surface area contributed by atoms with Crippen molar-refractivity contribution in [2.24, 2.45) is 5.84 Å². The molecule has 0 bridgehead atoms. The van der Waals surface area contributed by atoms with Gasteiger partial charge in [-0.1, -0.05) is 0 Å². The van der Waals surface area contributed by atoms with Gasteiger partial charge in [-0.3, -0.25) is 5.43 Å². The fourth-order valence-corrected chi connectivity index (χ4v) is 1.27. The third-order valence-electron chi connectivity index (χ3n) is 1.92. The monoisotopic (exact) mass is 204 g/mol. The molecular formula is C9H12N6. The van der Waals surface area contributed by atoms with Crippen molar-refractivity contribution in [1.82, 2.24) is 19.7 Å². The third kappa shape index (κ3) is 1.94. The standard InChI is InChI=1S/C9H12N6/c1-6-4-11-15(5-6)8-3-7(2)12-9(13-8)14-10/h3-5H,10H2,1-2H3,(H,12,13,14). The van der Waals surface area contributed by atoms with E-state index in [-0.39, 0.29) is 0 Å². The molecule has 0 aliphatic rings. The van der Waals surface area contributed by atoms with Crippen LogP contribution in [0.5, 0.6) is 0 Å². The first-order chi connectivity index (χ1) is 7.19. The van der Waals surface area contributed by atoms with Gasteiger partial charge in [0.05, 0.1) is 6.20 Å². The van der Waals surface area contributed by atoms with Crippen molar-refractivity contribution >= 4 is 5.95 Å². The summed E-state index contributed by atoms with van der Waals surface area (Å²) in [5.41, 5.74) is 4.33. The summed E-state index contributed by atoms with van der Waals surface area (Å²) < 4.78 is 1.69. The smallest absolute Gasteiger partial charge is 0.239 e. The van der Waals surface area contributed by atoms with E-state index in [1.807, 2.05) is 26.1 Å². The summed E-state index contributed by atoms with van der Waals surface area (Å²) in [6, 6.07) is 1.84. The summed E-state index contributed by atoms with van der Waals surface area (Å²) in [5, 5.41) is 4.16. The Labute approximate surface area is 87.1 Å². The summed E-state index contributed by atoms with van der Waals surface area (Å²) in [6.45, 7) is 3.85. The largest absolute Gasteiger partial charge is 0.292 e. The molecule has 2 rings (SSSR count). The second-order valence-corrected chi connectivity index (χ2v) is 3.30. The number of aromatic nitrogens is 4. The predicted molar refractivity (Wildman–Crippen MR) is 56.4 cm³/mol. The lowest BCUT2D eigenvalue weighted by Crippen LogP contribution is -2.12. The van der Waals surface area contributed by atoms with Crippen LogP contribution < -0.4 is 11.3 Å². The summed E-state index contributed by atoms with van der Waals surface area (Å²) in [7, 11) is 0. The zero-order valence-corrected chi connectivity index (χ0v) is 8.60. The zero-order valence-electron chi connectivity index (χ0n) is 8.60. The molecule has 0 radical (unpaired) electrons. The van der Waals surface area contributed by atoms with Crippen LogP contribution in [-0.2, 0) is 0 Å². The highest BCUT2D eigenvalue weighted by Gasteiger charge is 2.03. The van der Waals surface area contributed by atoms with Gasteiger partial charge in [0.1, 0.15) is 0 Å². The highest BCUT2D eigenvalue weighted by Crippen LogP contribution is 2.08. The van der Waals surface area contributed by atoms with E-state index in [1.165, 1.54) is 0 Å². The van der Waals surface area contributed by atoms with E-state index in [1.54, 1.807) is 10.9 Å². The van der Waals surface area contributed by atoms with Gasteiger partial charge in [0, 0.05) is 18.0 Å². The number of nitrogen functional groups attached to an aromatic ring is 1. The number of hydrogen-bond acceptors (Lipinski definition) is 5. The van der Waals surface area contributed by atoms with Gasteiger partial charge in [0.15, 0.2) is 5.82 Å². The van der Waals surface area contributed by atoms with E-state index in [0.29, 0.717) is 11.8 Å². The maximum atomic E-state index is 5.27. The van der Waals surface area contributed by atoms with Crippen molar-refractivity contribution in [3.8, 4) is 5.82 Å². The van der Waals surface area contributed by atoms with Crippen LogP contribution in [0.1, 0.15) is 11.3 Å². The Morgan fingerprint density at radius 2 is 2.13 bits per heavy atom. The first-order valence-electron chi connectivity index (χ1n) is 4.53. The highest BCUT2D eigenvalue weighted by molar-refractivity contribution is 5.33. The summed E-state index contributed by atoms with van der Waals surface area (Å²) in [5.74, 6) is 6.35. The molecule has 0 saturated carbocycles.